The number of amides is 1. The molecule has 0 saturated heterocycles. The smallest absolute Gasteiger partial charge is 0.221 e. The zero-order chi connectivity index (χ0) is 17.4. The molecule has 2 atom stereocenters. The largest absolute Gasteiger partial charge is 0.491 e. The topological polar surface area (TPSA) is 70.6 Å². The van der Waals surface area contributed by atoms with Crippen LogP contribution < -0.4 is 15.4 Å². The summed E-state index contributed by atoms with van der Waals surface area (Å²) in [6.45, 7) is 4.17. The van der Waals surface area contributed by atoms with Crippen LogP contribution >= 0.6 is 0 Å². The molecule has 0 radical (unpaired) electrons. The Morgan fingerprint density at radius 2 is 1.79 bits per heavy atom. The fraction of sp³-hybridized carbons (Fsp3) is 0.316. The number of aliphatic hydroxyl groups excluding tert-OH is 1. The van der Waals surface area contributed by atoms with E-state index in [-0.39, 0.29) is 18.6 Å². The number of aliphatic hydroxyl groups is 1. The van der Waals surface area contributed by atoms with Crippen LogP contribution in [0.15, 0.2) is 54.6 Å². The predicted octanol–water partition coefficient (Wildman–Crippen LogP) is 2.74. The molecule has 0 fully saturated rings. The van der Waals surface area contributed by atoms with Gasteiger partial charge in [-0.25, -0.2) is 0 Å². The van der Waals surface area contributed by atoms with Crippen LogP contribution in [0.3, 0.4) is 0 Å². The SMILES string of the molecule is CC(=O)Nc1ccc(OC[C@@H](O)CN[C@@H](C)c2ccccc2)cc1. The maximum absolute atomic E-state index is 11.0. The van der Waals surface area contributed by atoms with E-state index in [1.165, 1.54) is 12.5 Å². The van der Waals surface area contributed by atoms with Gasteiger partial charge in [0.15, 0.2) is 0 Å². The zero-order valence-corrected chi connectivity index (χ0v) is 14.0. The van der Waals surface area contributed by atoms with E-state index in [0.717, 1.165) is 0 Å². The Kier molecular flexibility index (Phi) is 6.78. The monoisotopic (exact) mass is 328 g/mol. The number of hydrogen-bond donors (Lipinski definition) is 3. The zero-order valence-electron chi connectivity index (χ0n) is 14.0. The van der Waals surface area contributed by atoms with Gasteiger partial charge in [-0.2, -0.15) is 0 Å². The lowest BCUT2D eigenvalue weighted by Crippen LogP contribution is -2.33. The second kappa shape index (κ2) is 9.05. The first-order valence-electron chi connectivity index (χ1n) is 8.01. The highest BCUT2D eigenvalue weighted by molar-refractivity contribution is 5.88. The molecule has 2 aromatic rings. The van der Waals surface area contributed by atoms with E-state index in [1.807, 2.05) is 18.2 Å². The molecule has 3 N–H and O–H groups in total. The van der Waals surface area contributed by atoms with Crippen LogP contribution in [0, 0.1) is 0 Å². The molecule has 128 valence electrons. The standard InChI is InChI=1S/C19H24N2O3/c1-14(16-6-4-3-5-7-16)20-12-18(23)13-24-19-10-8-17(9-11-19)21-15(2)22/h3-11,14,18,20,23H,12-13H2,1-2H3,(H,21,22)/t14-,18-/m0/s1. The number of rotatable bonds is 8. The molecule has 0 spiro atoms. The third-order valence-electron chi connectivity index (χ3n) is 3.58. The van der Waals surface area contributed by atoms with Gasteiger partial charge in [0.1, 0.15) is 18.5 Å². The Hall–Kier alpha value is -2.37. The van der Waals surface area contributed by atoms with E-state index in [0.29, 0.717) is 18.0 Å². The van der Waals surface area contributed by atoms with Crippen molar-refractivity contribution in [2.75, 3.05) is 18.5 Å². The molecule has 0 aromatic heterocycles. The summed E-state index contributed by atoms with van der Waals surface area (Å²) in [5.41, 5.74) is 1.90. The molecule has 2 aromatic carbocycles. The highest BCUT2D eigenvalue weighted by atomic mass is 16.5. The van der Waals surface area contributed by atoms with Crippen molar-refractivity contribution in [3.05, 3.63) is 60.2 Å². The molecule has 1 amide bonds. The Bertz CT molecular complexity index is 629. The number of ether oxygens (including phenoxy) is 1. The number of carbonyl (C=O) groups is 1. The highest BCUT2D eigenvalue weighted by Gasteiger charge is 2.09. The van der Waals surface area contributed by atoms with Crippen molar-refractivity contribution in [3.63, 3.8) is 0 Å². The molecule has 24 heavy (non-hydrogen) atoms. The van der Waals surface area contributed by atoms with Gasteiger partial charge in [-0.3, -0.25) is 4.79 Å². The van der Waals surface area contributed by atoms with Crippen molar-refractivity contribution < 1.29 is 14.6 Å². The van der Waals surface area contributed by atoms with Gasteiger partial charge in [0.2, 0.25) is 5.91 Å². The van der Waals surface area contributed by atoms with Crippen LogP contribution in [0.2, 0.25) is 0 Å². The Balaban J connectivity index is 1.72. The predicted molar refractivity (Wildman–Crippen MR) is 95.1 cm³/mol. The number of anilines is 1. The first kappa shape index (κ1) is 18.0. The minimum absolute atomic E-state index is 0.113. The van der Waals surface area contributed by atoms with E-state index in [4.69, 9.17) is 4.74 Å². The summed E-state index contributed by atoms with van der Waals surface area (Å²) >= 11 is 0. The molecule has 0 aliphatic rings. The summed E-state index contributed by atoms with van der Waals surface area (Å²) in [5.74, 6) is 0.539. The fourth-order valence-electron chi connectivity index (χ4n) is 2.26. The van der Waals surface area contributed by atoms with Crippen molar-refractivity contribution >= 4 is 11.6 Å². The van der Waals surface area contributed by atoms with Crippen molar-refractivity contribution in [1.29, 1.82) is 0 Å². The molecular formula is C19H24N2O3. The number of carbonyl (C=O) groups excluding carboxylic acids is 1. The summed E-state index contributed by atoms with van der Waals surface area (Å²) in [5, 5.41) is 16.0. The third kappa shape index (κ3) is 6.02. The summed E-state index contributed by atoms with van der Waals surface area (Å²) in [6.07, 6.45) is -0.605. The lowest BCUT2D eigenvalue weighted by molar-refractivity contribution is -0.114. The third-order valence-corrected chi connectivity index (χ3v) is 3.58. The van der Waals surface area contributed by atoms with E-state index in [1.54, 1.807) is 24.3 Å². The molecule has 0 aliphatic carbocycles. The maximum atomic E-state index is 11.0. The average molecular weight is 328 g/mol. The van der Waals surface area contributed by atoms with Gasteiger partial charge in [0.05, 0.1) is 0 Å². The van der Waals surface area contributed by atoms with Gasteiger partial charge in [-0.1, -0.05) is 30.3 Å². The first-order chi connectivity index (χ1) is 11.5. The summed E-state index contributed by atoms with van der Waals surface area (Å²) in [4.78, 5) is 11.0. The second-order valence-electron chi connectivity index (χ2n) is 5.71. The van der Waals surface area contributed by atoms with Crippen molar-refractivity contribution in [2.24, 2.45) is 0 Å². The molecule has 2 rings (SSSR count). The van der Waals surface area contributed by atoms with E-state index < -0.39 is 6.10 Å². The first-order valence-corrected chi connectivity index (χ1v) is 8.01. The van der Waals surface area contributed by atoms with Gasteiger partial charge in [0, 0.05) is 25.2 Å². The quantitative estimate of drug-likeness (QED) is 0.697. The highest BCUT2D eigenvalue weighted by Crippen LogP contribution is 2.16. The molecule has 0 saturated carbocycles. The molecule has 5 nitrogen and oxygen atoms in total. The Morgan fingerprint density at radius 1 is 1.12 bits per heavy atom. The summed E-state index contributed by atoms with van der Waals surface area (Å²) in [7, 11) is 0. The van der Waals surface area contributed by atoms with Crippen LogP contribution in [0.25, 0.3) is 0 Å². The maximum Gasteiger partial charge on any atom is 0.221 e. The molecule has 0 unspecified atom stereocenters. The summed E-state index contributed by atoms with van der Waals surface area (Å²) in [6, 6.07) is 17.3. The van der Waals surface area contributed by atoms with E-state index in [9.17, 15) is 9.90 Å². The molecule has 0 aliphatic heterocycles. The van der Waals surface area contributed by atoms with Crippen LogP contribution in [0.4, 0.5) is 5.69 Å². The normalized spacial score (nSPS) is 13.1. The van der Waals surface area contributed by atoms with Crippen LogP contribution in [0.5, 0.6) is 5.75 Å². The summed E-state index contributed by atoms with van der Waals surface area (Å²) < 4.78 is 5.56. The van der Waals surface area contributed by atoms with Gasteiger partial charge in [0.25, 0.3) is 0 Å². The van der Waals surface area contributed by atoms with Gasteiger partial charge in [-0.05, 0) is 36.8 Å². The van der Waals surface area contributed by atoms with Crippen molar-refractivity contribution in [3.8, 4) is 5.75 Å². The molecular weight excluding hydrogens is 304 g/mol. The average Bonchev–Trinajstić information content (AvgIpc) is 2.59. The lowest BCUT2D eigenvalue weighted by Gasteiger charge is -2.18. The number of nitrogens with one attached hydrogen (secondary N) is 2. The van der Waals surface area contributed by atoms with E-state index >= 15 is 0 Å². The second-order valence-corrected chi connectivity index (χ2v) is 5.71. The van der Waals surface area contributed by atoms with Crippen LogP contribution in [-0.4, -0.2) is 30.3 Å². The van der Waals surface area contributed by atoms with Gasteiger partial charge < -0.3 is 20.5 Å². The van der Waals surface area contributed by atoms with Crippen molar-refractivity contribution in [2.45, 2.75) is 26.0 Å². The molecule has 5 heteroatoms. The number of benzene rings is 2. The Morgan fingerprint density at radius 3 is 2.42 bits per heavy atom. The lowest BCUT2D eigenvalue weighted by atomic mass is 10.1. The number of hydrogen-bond acceptors (Lipinski definition) is 4. The van der Waals surface area contributed by atoms with Gasteiger partial charge in [-0.15, -0.1) is 0 Å². The van der Waals surface area contributed by atoms with Crippen LogP contribution in [-0.2, 0) is 4.79 Å². The molecule has 0 heterocycles. The minimum atomic E-state index is -0.605. The minimum Gasteiger partial charge on any atom is -0.491 e. The van der Waals surface area contributed by atoms with Gasteiger partial charge >= 0.3 is 0 Å². The van der Waals surface area contributed by atoms with Crippen molar-refractivity contribution in [1.82, 2.24) is 5.32 Å². The molecule has 0 bridgehead atoms. The Labute approximate surface area is 142 Å². The fourth-order valence-corrected chi connectivity index (χ4v) is 2.26. The van der Waals surface area contributed by atoms with E-state index in [2.05, 4.69) is 29.7 Å². The van der Waals surface area contributed by atoms with Crippen LogP contribution in [0.1, 0.15) is 25.5 Å².